The molecule has 0 bridgehead atoms. The van der Waals surface area contributed by atoms with Gasteiger partial charge in [0.05, 0.1) is 18.3 Å². The van der Waals surface area contributed by atoms with Gasteiger partial charge in [-0.25, -0.2) is 9.18 Å². The van der Waals surface area contributed by atoms with Crippen LogP contribution in [0.25, 0.3) is 0 Å². The molecule has 0 spiro atoms. The number of carbonyl (C=O) groups is 1. The van der Waals surface area contributed by atoms with E-state index in [0.717, 1.165) is 0 Å². The number of benzene rings is 1. The molecule has 3 atom stereocenters. The Morgan fingerprint density at radius 2 is 2.06 bits per heavy atom. The minimum absolute atomic E-state index is 0.0762. The van der Waals surface area contributed by atoms with Gasteiger partial charge < -0.3 is 9.84 Å². The van der Waals surface area contributed by atoms with Crippen molar-refractivity contribution in [1.29, 1.82) is 0 Å². The standard InChI is InChI=1S/C13H15FO3/c14-11-6-9(7-12(11)15)8-17-13(16)10-4-2-1-3-5-10/h1-5,9,11-12,15H,6-8H2/t9-,11+,12-/m1/s1. The summed E-state index contributed by atoms with van der Waals surface area (Å²) in [6.07, 6.45) is -1.46. The van der Waals surface area contributed by atoms with Crippen LogP contribution >= 0.6 is 0 Å². The van der Waals surface area contributed by atoms with E-state index in [2.05, 4.69) is 0 Å². The average Bonchev–Trinajstić information content (AvgIpc) is 2.67. The highest BCUT2D eigenvalue weighted by Gasteiger charge is 2.33. The molecule has 1 fully saturated rings. The Kier molecular flexibility index (Phi) is 3.74. The highest BCUT2D eigenvalue weighted by molar-refractivity contribution is 5.89. The smallest absolute Gasteiger partial charge is 0.338 e. The van der Waals surface area contributed by atoms with Crippen LogP contribution in [0.2, 0.25) is 0 Å². The fourth-order valence-electron chi connectivity index (χ4n) is 2.05. The number of alkyl halides is 1. The fraction of sp³-hybridized carbons (Fsp3) is 0.462. The Labute approximate surface area is 99.2 Å². The summed E-state index contributed by atoms with van der Waals surface area (Å²) >= 11 is 0. The van der Waals surface area contributed by atoms with Crippen molar-refractivity contribution < 1.29 is 19.0 Å². The van der Waals surface area contributed by atoms with Crippen LogP contribution in [0.3, 0.4) is 0 Å². The van der Waals surface area contributed by atoms with E-state index in [1.165, 1.54) is 0 Å². The first-order valence-corrected chi connectivity index (χ1v) is 5.71. The summed E-state index contributed by atoms with van der Waals surface area (Å²) in [7, 11) is 0. The zero-order valence-corrected chi connectivity index (χ0v) is 9.38. The van der Waals surface area contributed by atoms with Crippen LogP contribution in [-0.2, 0) is 4.74 Å². The van der Waals surface area contributed by atoms with Crippen LogP contribution in [0.5, 0.6) is 0 Å². The number of esters is 1. The lowest BCUT2D eigenvalue weighted by atomic mass is 10.1. The Balaban J connectivity index is 1.81. The highest BCUT2D eigenvalue weighted by atomic mass is 19.1. The summed E-state index contributed by atoms with van der Waals surface area (Å²) < 4.78 is 18.1. The molecular formula is C13H15FO3. The lowest BCUT2D eigenvalue weighted by Gasteiger charge is -2.09. The van der Waals surface area contributed by atoms with Crippen LogP contribution in [0.1, 0.15) is 23.2 Å². The lowest BCUT2D eigenvalue weighted by Crippen LogP contribution is -2.13. The van der Waals surface area contributed by atoms with Gasteiger partial charge in [-0.3, -0.25) is 0 Å². The normalized spacial score (nSPS) is 28.0. The van der Waals surface area contributed by atoms with Crippen molar-refractivity contribution >= 4 is 5.97 Å². The van der Waals surface area contributed by atoms with E-state index >= 15 is 0 Å². The Bertz CT molecular complexity index is 370. The number of hydrogen-bond acceptors (Lipinski definition) is 3. The van der Waals surface area contributed by atoms with Crippen molar-refractivity contribution in [2.75, 3.05) is 6.61 Å². The van der Waals surface area contributed by atoms with Crippen molar-refractivity contribution in [3.63, 3.8) is 0 Å². The molecular weight excluding hydrogens is 223 g/mol. The number of halogens is 1. The van der Waals surface area contributed by atoms with Gasteiger partial charge in [-0.2, -0.15) is 0 Å². The maximum Gasteiger partial charge on any atom is 0.338 e. The average molecular weight is 238 g/mol. The molecule has 0 unspecified atom stereocenters. The van der Waals surface area contributed by atoms with Crippen LogP contribution in [0.4, 0.5) is 4.39 Å². The van der Waals surface area contributed by atoms with E-state index in [0.29, 0.717) is 12.0 Å². The van der Waals surface area contributed by atoms with E-state index in [9.17, 15) is 14.3 Å². The summed E-state index contributed by atoms with van der Waals surface area (Å²) in [5, 5.41) is 9.23. The number of carbonyl (C=O) groups excluding carboxylic acids is 1. The number of ether oxygens (including phenoxy) is 1. The number of rotatable bonds is 3. The van der Waals surface area contributed by atoms with Crippen molar-refractivity contribution in [3.8, 4) is 0 Å². The number of aliphatic hydroxyl groups is 1. The number of aliphatic hydroxyl groups excluding tert-OH is 1. The number of hydrogen-bond donors (Lipinski definition) is 1. The first-order chi connectivity index (χ1) is 8.16. The quantitative estimate of drug-likeness (QED) is 0.819. The summed E-state index contributed by atoms with van der Waals surface area (Å²) in [5.41, 5.74) is 0.489. The molecule has 0 radical (unpaired) electrons. The highest BCUT2D eigenvalue weighted by Crippen LogP contribution is 2.28. The molecule has 3 nitrogen and oxygen atoms in total. The SMILES string of the molecule is O=C(OC[C@H]1C[C@@H](O)[C@@H](F)C1)c1ccccc1. The predicted molar refractivity (Wildman–Crippen MR) is 60.4 cm³/mol. The summed E-state index contributed by atoms with van der Waals surface area (Å²) in [6, 6.07) is 8.67. The van der Waals surface area contributed by atoms with E-state index in [4.69, 9.17) is 4.74 Å². The molecule has 4 heteroatoms. The van der Waals surface area contributed by atoms with Crippen LogP contribution in [0, 0.1) is 5.92 Å². The van der Waals surface area contributed by atoms with E-state index in [-0.39, 0.29) is 18.9 Å². The second-order valence-corrected chi connectivity index (χ2v) is 4.39. The molecule has 92 valence electrons. The lowest BCUT2D eigenvalue weighted by molar-refractivity contribution is 0.0431. The first kappa shape index (κ1) is 12.0. The molecule has 0 heterocycles. The maximum atomic E-state index is 13.0. The Morgan fingerprint density at radius 1 is 1.35 bits per heavy atom. The Hall–Kier alpha value is -1.42. The second-order valence-electron chi connectivity index (χ2n) is 4.39. The molecule has 0 aliphatic heterocycles. The van der Waals surface area contributed by atoms with E-state index in [1.807, 2.05) is 6.07 Å². The van der Waals surface area contributed by atoms with Gasteiger partial charge in [0, 0.05) is 0 Å². The molecule has 1 aliphatic carbocycles. The van der Waals surface area contributed by atoms with Gasteiger partial charge >= 0.3 is 5.97 Å². The summed E-state index contributed by atoms with van der Waals surface area (Å²) in [6.45, 7) is 0.172. The molecule has 1 aromatic carbocycles. The third-order valence-electron chi connectivity index (χ3n) is 3.01. The minimum atomic E-state index is -1.18. The van der Waals surface area contributed by atoms with Gasteiger partial charge in [-0.05, 0) is 30.9 Å². The van der Waals surface area contributed by atoms with Crippen LogP contribution < -0.4 is 0 Å². The second kappa shape index (κ2) is 5.27. The van der Waals surface area contributed by atoms with Crippen LogP contribution in [-0.4, -0.2) is 30.0 Å². The maximum absolute atomic E-state index is 13.0. The van der Waals surface area contributed by atoms with Crippen molar-refractivity contribution in [2.24, 2.45) is 5.92 Å². The fourth-order valence-corrected chi connectivity index (χ4v) is 2.05. The third-order valence-corrected chi connectivity index (χ3v) is 3.01. The molecule has 2 rings (SSSR count). The van der Waals surface area contributed by atoms with Crippen molar-refractivity contribution in [1.82, 2.24) is 0 Å². The van der Waals surface area contributed by atoms with Gasteiger partial charge in [0.25, 0.3) is 0 Å². The third kappa shape index (κ3) is 3.03. The minimum Gasteiger partial charge on any atom is -0.462 e. The molecule has 1 aromatic rings. The zero-order chi connectivity index (χ0) is 12.3. The van der Waals surface area contributed by atoms with Gasteiger partial charge in [0.2, 0.25) is 0 Å². The van der Waals surface area contributed by atoms with Gasteiger partial charge in [0.15, 0.2) is 0 Å². The largest absolute Gasteiger partial charge is 0.462 e. The van der Waals surface area contributed by atoms with E-state index in [1.54, 1.807) is 24.3 Å². The molecule has 0 amide bonds. The molecule has 0 aromatic heterocycles. The summed E-state index contributed by atoms with van der Waals surface area (Å²) in [4.78, 5) is 11.6. The van der Waals surface area contributed by atoms with Gasteiger partial charge in [-0.1, -0.05) is 18.2 Å². The molecule has 1 aliphatic rings. The van der Waals surface area contributed by atoms with E-state index < -0.39 is 18.2 Å². The molecule has 1 N–H and O–H groups in total. The predicted octanol–water partition coefficient (Wildman–Crippen LogP) is 1.95. The molecule has 0 saturated heterocycles. The van der Waals surface area contributed by atoms with Crippen molar-refractivity contribution in [2.45, 2.75) is 25.1 Å². The summed E-state index contributed by atoms with van der Waals surface area (Å²) in [5.74, 6) is -0.477. The first-order valence-electron chi connectivity index (χ1n) is 5.71. The zero-order valence-electron chi connectivity index (χ0n) is 9.38. The van der Waals surface area contributed by atoms with Gasteiger partial charge in [0.1, 0.15) is 6.17 Å². The monoisotopic (exact) mass is 238 g/mol. The van der Waals surface area contributed by atoms with Gasteiger partial charge in [-0.15, -0.1) is 0 Å². The topological polar surface area (TPSA) is 46.5 Å². The van der Waals surface area contributed by atoms with Crippen molar-refractivity contribution in [3.05, 3.63) is 35.9 Å². The Morgan fingerprint density at radius 3 is 2.65 bits per heavy atom. The molecule has 17 heavy (non-hydrogen) atoms. The van der Waals surface area contributed by atoms with Crippen LogP contribution in [0.15, 0.2) is 30.3 Å². The molecule has 1 saturated carbocycles.